The number of nitrogens with one attached hydrogen (secondary N) is 1. The van der Waals surface area contributed by atoms with Gasteiger partial charge in [0, 0.05) is 30.5 Å². The molecule has 0 saturated carbocycles. The average molecular weight is 332 g/mol. The standard InChI is InChI=1S/C18H18ClNO3/c1-23-17-9-5-2-6-13(17)12-20-18(22)11-10-16(21)14-7-3-4-8-15(14)19/h2-9H,10-12H2,1H3,(H,20,22). The van der Waals surface area contributed by atoms with Gasteiger partial charge in [0.25, 0.3) is 0 Å². The van der Waals surface area contributed by atoms with Crippen molar-refractivity contribution in [2.45, 2.75) is 19.4 Å². The maximum Gasteiger partial charge on any atom is 0.220 e. The monoisotopic (exact) mass is 331 g/mol. The lowest BCUT2D eigenvalue weighted by Crippen LogP contribution is -2.23. The predicted molar refractivity (Wildman–Crippen MR) is 89.9 cm³/mol. The summed E-state index contributed by atoms with van der Waals surface area (Å²) in [7, 11) is 1.59. The molecule has 1 N–H and O–H groups in total. The van der Waals surface area contributed by atoms with E-state index >= 15 is 0 Å². The van der Waals surface area contributed by atoms with Crippen LogP contribution in [0.3, 0.4) is 0 Å². The van der Waals surface area contributed by atoms with Crippen molar-refractivity contribution in [3.05, 3.63) is 64.7 Å². The summed E-state index contributed by atoms with van der Waals surface area (Å²) in [5, 5.41) is 3.20. The van der Waals surface area contributed by atoms with Gasteiger partial charge in [-0.25, -0.2) is 0 Å². The Kier molecular flexibility index (Phi) is 6.18. The molecule has 0 bridgehead atoms. The van der Waals surface area contributed by atoms with E-state index in [1.165, 1.54) is 0 Å². The van der Waals surface area contributed by atoms with Crippen LogP contribution in [0.2, 0.25) is 5.02 Å². The van der Waals surface area contributed by atoms with Gasteiger partial charge in [0.1, 0.15) is 5.75 Å². The van der Waals surface area contributed by atoms with Crippen molar-refractivity contribution in [2.75, 3.05) is 7.11 Å². The van der Waals surface area contributed by atoms with Gasteiger partial charge in [-0.3, -0.25) is 9.59 Å². The molecule has 0 unspecified atom stereocenters. The number of ether oxygens (including phenoxy) is 1. The highest BCUT2D eigenvalue weighted by atomic mass is 35.5. The van der Waals surface area contributed by atoms with E-state index in [-0.39, 0.29) is 24.5 Å². The van der Waals surface area contributed by atoms with Crippen LogP contribution in [0, 0.1) is 0 Å². The SMILES string of the molecule is COc1ccccc1CNC(=O)CCC(=O)c1ccccc1Cl. The summed E-state index contributed by atoms with van der Waals surface area (Å²) < 4.78 is 5.23. The number of carbonyl (C=O) groups is 2. The van der Waals surface area contributed by atoms with Gasteiger partial charge in [-0.1, -0.05) is 41.9 Å². The molecule has 0 saturated heterocycles. The van der Waals surface area contributed by atoms with Gasteiger partial charge in [-0.15, -0.1) is 0 Å². The quantitative estimate of drug-likeness (QED) is 0.788. The first-order valence-electron chi connectivity index (χ1n) is 7.28. The topological polar surface area (TPSA) is 55.4 Å². The molecule has 2 rings (SSSR count). The number of halogens is 1. The molecule has 5 heteroatoms. The van der Waals surface area contributed by atoms with Crippen LogP contribution in [-0.2, 0) is 11.3 Å². The fourth-order valence-corrected chi connectivity index (χ4v) is 2.42. The Morgan fingerprint density at radius 1 is 1.04 bits per heavy atom. The molecule has 0 aromatic heterocycles. The van der Waals surface area contributed by atoms with Gasteiger partial charge in [0.2, 0.25) is 5.91 Å². The van der Waals surface area contributed by atoms with E-state index in [2.05, 4.69) is 5.32 Å². The molecule has 0 heterocycles. The van der Waals surface area contributed by atoms with Crippen molar-refractivity contribution < 1.29 is 14.3 Å². The highest BCUT2D eigenvalue weighted by Crippen LogP contribution is 2.18. The Morgan fingerprint density at radius 3 is 2.48 bits per heavy atom. The lowest BCUT2D eigenvalue weighted by Gasteiger charge is -2.09. The summed E-state index contributed by atoms with van der Waals surface area (Å²) in [6, 6.07) is 14.3. The average Bonchev–Trinajstić information content (AvgIpc) is 2.58. The van der Waals surface area contributed by atoms with Gasteiger partial charge >= 0.3 is 0 Å². The smallest absolute Gasteiger partial charge is 0.220 e. The van der Waals surface area contributed by atoms with Crippen LogP contribution in [0.1, 0.15) is 28.8 Å². The van der Waals surface area contributed by atoms with Crippen molar-refractivity contribution in [3.63, 3.8) is 0 Å². The summed E-state index contributed by atoms with van der Waals surface area (Å²) in [6.45, 7) is 0.364. The minimum Gasteiger partial charge on any atom is -0.496 e. The largest absolute Gasteiger partial charge is 0.496 e. The Bertz CT molecular complexity index is 700. The molecule has 2 aromatic rings. The second kappa shape index (κ2) is 8.34. The van der Waals surface area contributed by atoms with Crippen molar-refractivity contribution in [3.8, 4) is 5.75 Å². The van der Waals surface area contributed by atoms with Crippen LogP contribution in [0.15, 0.2) is 48.5 Å². The van der Waals surface area contributed by atoms with Gasteiger partial charge in [0.15, 0.2) is 5.78 Å². The molecule has 2 aromatic carbocycles. The third-order valence-corrected chi connectivity index (χ3v) is 3.75. The minimum atomic E-state index is -0.184. The third-order valence-electron chi connectivity index (χ3n) is 3.42. The van der Waals surface area contributed by atoms with Crippen molar-refractivity contribution in [2.24, 2.45) is 0 Å². The molecule has 4 nitrogen and oxygen atoms in total. The number of Topliss-reactive ketones (excluding diaryl/α,β-unsaturated/α-hetero) is 1. The first-order valence-corrected chi connectivity index (χ1v) is 7.66. The van der Waals surface area contributed by atoms with E-state index < -0.39 is 0 Å². The number of carbonyl (C=O) groups excluding carboxylic acids is 2. The Morgan fingerprint density at radius 2 is 1.74 bits per heavy atom. The van der Waals surface area contributed by atoms with E-state index in [0.717, 1.165) is 11.3 Å². The molecule has 0 aliphatic carbocycles. The van der Waals surface area contributed by atoms with Crippen LogP contribution in [0.4, 0.5) is 0 Å². The molecule has 1 amide bonds. The van der Waals surface area contributed by atoms with Crippen molar-refractivity contribution in [1.82, 2.24) is 5.32 Å². The summed E-state index contributed by atoms with van der Waals surface area (Å²) in [4.78, 5) is 24.0. The molecule has 0 aliphatic heterocycles. The maximum atomic E-state index is 12.1. The van der Waals surface area contributed by atoms with Crippen LogP contribution in [0.5, 0.6) is 5.75 Å². The molecule has 0 aliphatic rings. The lowest BCUT2D eigenvalue weighted by atomic mass is 10.1. The van der Waals surface area contributed by atoms with Crippen LogP contribution >= 0.6 is 11.6 Å². The lowest BCUT2D eigenvalue weighted by molar-refractivity contribution is -0.121. The zero-order valence-electron chi connectivity index (χ0n) is 12.8. The summed E-state index contributed by atoms with van der Waals surface area (Å²) in [6.07, 6.45) is 0.251. The third kappa shape index (κ3) is 4.83. The first-order chi connectivity index (χ1) is 11.1. The zero-order chi connectivity index (χ0) is 16.7. The number of benzene rings is 2. The van der Waals surface area contributed by atoms with E-state index in [9.17, 15) is 9.59 Å². The molecule has 0 atom stereocenters. The second-order valence-corrected chi connectivity index (χ2v) is 5.40. The number of methoxy groups -OCH3 is 1. The van der Waals surface area contributed by atoms with E-state index in [1.807, 2.05) is 24.3 Å². The van der Waals surface area contributed by atoms with E-state index in [1.54, 1.807) is 31.4 Å². The summed E-state index contributed by atoms with van der Waals surface area (Å²) >= 11 is 5.97. The molecule has 120 valence electrons. The Balaban J connectivity index is 1.84. The summed E-state index contributed by atoms with van der Waals surface area (Å²) in [5.41, 5.74) is 1.34. The molecule has 0 radical (unpaired) electrons. The number of hydrogen-bond donors (Lipinski definition) is 1. The van der Waals surface area contributed by atoms with Crippen molar-refractivity contribution in [1.29, 1.82) is 0 Å². The van der Waals surface area contributed by atoms with Crippen molar-refractivity contribution >= 4 is 23.3 Å². The fourth-order valence-electron chi connectivity index (χ4n) is 2.18. The normalized spacial score (nSPS) is 10.2. The Hall–Kier alpha value is -2.33. The van der Waals surface area contributed by atoms with E-state index in [4.69, 9.17) is 16.3 Å². The fraction of sp³-hybridized carbons (Fsp3) is 0.222. The minimum absolute atomic E-state index is 0.124. The molecule has 0 spiro atoms. The second-order valence-electron chi connectivity index (χ2n) is 4.99. The number of rotatable bonds is 7. The zero-order valence-corrected chi connectivity index (χ0v) is 13.6. The number of para-hydroxylation sites is 1. The first kappa shape index (κ1) is 17.0. The molecular formula is C18H18ClNO3. The van der Waals surface area contributed by atoms with Gasteiger partial charge in [-0.2, -0.15) is 0 Å². The predicted octanol–water partition coefficient (Wildman–Crippen LogP) is 3.63. The van der Waals surface area contributed by atoms with Gasteiger partial charge < -0.3 is 10.1 Å². The number of amides is 1. The highest BCUT2D eigenvalue weighted by Gasteiger charge is 2.12. The molecule has 23 heavy (non-hydrogen) atoms. The number of ketones is 1. The molecule has 0 fully saturated rings. The highest BCUT2D eigenvalue weighted by molar-refractivity contribution is 6.34. The Labute approximate surface area is 140 Å². The van der Waals surface area contributed by atoms with Crippen LogP contribution in [-0.4, -0.2) is 18.8 Å². The van der Waals surface area contributed by atoms with Gasteiger partial charge in [0.05, 0.1) is 12.1 Å². The number of hydrogen-bond acceptors (Lipinski definition) is 3. The maximum absolute atomic E-state index is 12.1. The van der Waals surface area contributed by atoms with E-state index in [0.29, 0.717) is 17.1 Å². The molecular weight excluding hydrogens is 314 g/mol. The van der Waals surface area contributed by atoms with Crippen LogP contribution < -0.4 is 10.1 Å². The van der Waals surface area contributed by atoms with Gasteiger partial charge in [-0.05, 0) is 18.2 Å². The van der Waals surface area contributed by atoms with Crippen LogP contribution in [0.25, 0.3) is 0 Å². The summed E-state index contributed by atoms with van der Waals surface area (Å²) in [5.74, 6) is 0.402.